The molecule has 0 aliphatic carbocycles. The fourth-order valence-electron chi connectivity index (χ4n) is 2.92. The zero-order valence-corrected chi connectivity index (χ0v) is 14.7. The Hall–Kier alpha value is -3.00. The number of carbonyl (C=O) groups excluding carboxylic acids is 1. The SMILES string of the molecule is CCOc1ccc(C(=O)Nc2cnc3c(c2)CN(C)CC3)cc1[N+](=O)[O-]. The smallest absolute Gasteiger partial charge is 0.311 e. The lowest BCUT2D eigenvalue weighted by atomic mass is 10.1. The van der Waals surface area contributed by atoms with Crippen molar-refractivity contribution in [3.8, 4) is 5.75 Å². The molecule has 0 atom stereocenters. The van der Waals surface area contributed by atoms with Crippen LogP contribution in [-0.2, 0) is 13.0 Å². The number of amides is 1. The number of hydrogen-bond acceptors (Lipinski definition) is 6. The van der Waals surface area contributed by atoms with E-state index in [2.05, 4.69) is 15.2 Å². The summed E-state index contributed by atoms with van der Waals surface area (Å²) in [6.45, 7) is 3.79. The lowest BCUT2D eigenvalue weighted by Gasteiger charge is -2.24. The number of nitro groups is 1. The average molecular weight is 356 g/mol. The number of nitrogens with one attached hydrogen (secondary N) is 1. The molecule has 2 aromatic rings. The maximum atomic E-state index is 12.5. The number of pyridine rings is 1. The van der Waals surface area contributed by atoms with E-state index in [1.54, 1.807) is 13.1 Å². The van der Waals surface area contributed by atoms with Crippen LogP contribution in [0.1, 0.15) is 28.5 Å². The van der Waals surface area contributed by atoms with Crippen molar-refractivity contribution in [3.63, 3.8) is 0 Å². The number of rotatable bonds is 5. The van der Waals surface area contributed by atoms with Crippen LogP contribution in [0.25, 0.3) is 0 Å². The van der Waals surface area contributed by atoms with Crippen LogP contribution in [0.4, 0.5) is 11.4 Å². The van der Waals surface area contributed by atoms with Crippen LogP contribution in [-0.4, -0.2) is 40.9 Å². The molecule has 0 radical (unpaired) electrons. The van der Waals surface area contributed by atoms with Gasteiger partial charge >= 0.3 is 5.69 Å². The second-order valence-corrected chi connectivity index (χ2v) is 6.14. The highest BCUT2D eigenvalue weighted by molar-refractivity contribution is 6.04. The quantitative estimate of drug-likeness (QED) is 0.653. The number of fused-ring (bicyclic) bond motifs is 1. The molecule has 0 fully saturated rings. The standard InChI is InChI=1S/C18H20N4O4/c1-3-26-17-5-4-12(9-16(17)22(24)25)18(23)20-14-8-13-11-21(2)7-6-15(13)19-10-14/h4-5,8-10H,3,6-7,11H2,1-2H3,(H,20,23). The molecule has 8 heteroatoms. The first-order valence-electron chi connectivity index (χ1n) is 8.37. The van der Waals surface area contributed by atoms with Crippen molar-refractivity contribution in [3.05, 3.63) is 57.4 Å². The lowest BCUT2D eigenvalue weighted by Crippen LogP contribution is -2.27. The third-order valence-corrected chi connectivity index (χ3v) is 4.21. The van der Waals surface area contributed by atoms with Gasteiger partial charge in [0.1, 0.15) is 0 Å². The van der Waals surface area contributed by atoms with E-state index in [4.69, 9.17) is 4.74 Å². The second-order valence-electron chi connectivity index (χ2n) is 6.14. The highest BCUT2D eigenvalue weighted by atomic mass is 16.6. The minimum Gasteiger partial charge on any atom is -0.487 e. The average Bonchev–Trinajstić information content (AvgIpc) is 2.61. The molecular formula is C18H20N4O4. The van der Waals surface area contributed by atoms with Crippen molar-refractivity contribution in [2.24, 2.45) is 0 Å². The molecule has 1 aromatic carbocycles. The van der Waals surface area contributed by atoms with E-state index >= 15 is 0 Å². The molecule has 1 aromatic heterocycles. The van der Waals surface area contributed by atoms with E-state index in [1.165, 1.54) is 18.2 Å². The maximum absolute atomic E-state index is 12.5. The Morgan fingerprint density at radius 2 is 2.23 bits per heavy atom. The fourth-order valence-corrected chi connectivity index (χ4v) is 2.92. The normalized spacial score (nSPS) is 13.8. The van der Waals surface area contributed by atoms with E-state index in [-0.39, 0.29) is 17.0 Å². The molecule has 1 aliphatic rings. The molecule has 0 bridgehead atoms. The van der Waals surface area contributed by atoms with Gasteiger partial charge in [-0.15, -0.1) is 0 Å². The van der Waals surface area contributed by atoms with Gasteiger partial charge in [0.2, 0.25) is 0 Å². The summed E-state index contributed by atoms with van der Waals surface area (Å²) in [6.07, 6.45) is 2.50. The highest BCUT2D eigenvalue weighted by Gasteiger charge is 2.20. The van der Waals surface area contributed by atoms with Crippen LogP contribution >= 0.6 is 0 Å². The third kappa shape index (κ3) is 3.80. The van der Waals surface area contributed by atoms with Crippen LogP contribution in [0.15, 0.2) is 30.5 Å². The van der Waals surface area contributed by atoms with Gasteiger partial charge in [-0.05, 0) is 37.7 Å². The Morgan fingerprint density at radius 1 is 1.42 bits per heavy atom. The molecule has 0 unspecified atom stereocenters. The Kier molecular flexibility index (Phi) is 5.13. The topological polar surface area (TPSA) is 97.6 Å². The minimum atomic E-state index is -0.557. The zero-order chi connectivity index (χ0) is 18.7. The van der Waals surface area contributed by atoms with Crippen molar-refractivity contribution in [2.45, 2.75) is 19.9 Å². The number of ether oxygens (including phenoxy) is 1. The Balaban J connectivity index is 1.81. The molecule has 8 nitrogen and oxygen atoms in total. The van der Waals surface area contributed by atoms with E-state index in [0.717, 1.165) is 30.8 Å². The largest absolute Gasteiger partial charge is 0.487 e. The second kappa shape index (κ2) is 7.49. The van der Waals surface area contributed by atoms with Crippen molar-refractivity contribution >= 4 is 17.3 Å². The monoisotopic (exact) mass is 356 g/mol. The Labute approximate surface area is 150 Å². The van der Waals surface area contributed by atoms with Gasteiger partial charge in [-0.1, -0.05) is 0 Å². The van der Waals surface area contributed by atoms with E-state index < -0.39 is 10.8 Å². The summed E-state index contributed by atoms with van der Waals surface area (Å²) in [5, 5.41) is 14.0. The summed E-state index contributed by atoms with van der Waals surface area (Å²) < 4.78 is 5.24. The van der Waals surface area contributed by atoms with Crippen molar-refractivity contribution in [1.82, 2.24) is 9.88 Å². The number of benzene rings is 1. The Bertz CT molecular complexity index is 853. The molecular weight excluding hydrogens is 336 g/mol. The van der Waals surface area contributed by atoms with E-state index in [1.807, 2.05) is 13.1 Å². The summed E-state index contributed by atoms with van der Waals surface area (Å²) in [5.41, 5.74) is 2.65. The Morgan fingerprint density at radius 3 is 2.96 bits per heavy atom. The molecule has 26 heavy (non-hydrogen) atoms. The van der Waals surface area contributed by atoms with Crippen LogP contribution in [0.3, 0.4) is 0 Å². The first-order chi connectivity index (χ1) is 12.5. The molecule has 1 N–H and O–H groups in total. The first-order valence-corrected chi connectivity index (χ1v) is 8.37. The summed E-state index contributed by atoms with van der Waals surface area (Å²) in [7, 11) is 2.03. The van der Waals surface area contributed by atoms with Crippen LogP contribution < -0.4 is 10.1 Å². The van der Waals surface area contributed by atoms with Crippen molar-refractivity contribution < 1.29 is 14.5 Å². The van der Waals surface area contributed by atoms with Gasteiger partial charge in [0, 0.05) is 36.8 Å². The van der Waals surface area contributed by atoms with Crippen LogP contribution in [0.5, 0.6) is 5.75 Å². The number of nitrogens with zero attached hydrogens (tertiary/aromatic N) is 3. The summed E-state index contributed by atoms with van der Waals surface area (Å²) in [5.74, 6) is -0.283. The molecule has 1 aliphatic heterocycles. The molecule has 1 amide bonds. The number of anilines is 1. The van der Waals surface area contributed by atoms with Gasteiger partial charge in [-0.2, -0.15) is 0 Å². The predicted molar refractivity (Wildman–Crippen MR) is 96.5 cm³/mol. The van der Waals surface area contributed by atoms with Gasteiger partial charge in [-0.3, -0.25) is 19.9 Å². The number of carbonyl (C=O) groups is 1. The molecule has 0 spiro atoms. The molecule has 136 valence electrons. The number of nitro benzene ring substituents is 1. The summed E-state index contributed by atoms with van der Waals surface area (Å²) in [6, 6.07) is 6.07. The predicted octanol–water partition coefficient (Wildman–Crippen LogP) is 2.63. The number of aromatic nitrogens is 1. The zero-order valence-electron chi connectivity index (χ0n) is 14.7. The maximum Gasteiger partial charge on any atom is 0.311 e. The van der Waals surface area contributed by atoms with Gasteiger partial charge in [0.15, 0.2) is 5.75 Å². The number of hydrogen-bond donors (Lipinski definition) is 1. The van der Waals surface area contributed by atoms with Gasteiger partial charge in [0.25, 0.3) is 5.91 Å². The van der Waals surface area contributed by atoms with Crippen molar-refractivity contribution in [1.29, 1.82) is 0 Å². The first kappa shape index (κ1) is 17.8. The third-order valence-electron chi connectivity index (χ3n) is 4.21. The van der Waals surface area contributed by atoms with E-state index in [9.17, 15) is 14.9 Å². The van der Waals surface area contributed by atoms with Gasteiger partial charge in [0.05, 0.1) is 23.4 Å². The van der Waals surface area contributed by atoms with Gasteiger partial charge < -0.3 is 15.0 Å². The fraction of sp³-hybridized carbons (Fsp3) is 0.333. The lowest BCUT2D eigenvalue weighted by molar-refractivity contribution is -0.385. The summed E-state index contributed by atoms with van der Waals surface area (Å²) >= 11 is 0. The van der Waals surface area contributed by atoms with E-state index in [0.29, 0.717) is 12.3 Å². The molecule has 2 heterocycles. The molecule has 0 saturated heterocycles. The highest BCUT2D eigenvalue weighted by Crippen LogP contribution is 2.28. The summed E-state index contributed by atoms with van der Waals surface area (Å²) in [4.78, 5) is 29.7. The van der Waals surface area contributed by atoms with Gasteiger partial charge in [-0.25, -0.2) is 0 Å². The molecule has 3 rings (SSSR count). The van der Waals surface area contributed by atoms with Crippen molar-refractivity contribution in [2.75, 3.05) is 25.5 Å². The van der Waals surface area contributed by atoms with Crippen LogP contribution in [0.2, 0.25) is 0 Å². The van der Waals surface area contributed by atoms with Crippen LogP contribution in [0, 0.1) is 10.1 Å². The molecule has 0 saturated carbocycles. The minimum absolute atomic E-state index is 0.146. The number of likely N-dealkylation sites (N-methyl/N-ethyl adjacent to an activating group) is 1.